The summed E-state index contributed by atoms with van der Waals surface area (Å²) in [5, 5.41) is 11.2. The molecule has 0 aromatic carbocycles. The van der Waals surface area contributed by atoms with Crippen molar-refractivity contribution in [3.8, 4) is 0 Å². The van der Waals surface area contributed by atoms with E-state index in [9.17, 15) is 13.2 Å². The van der Waals surface area contributed by atoms with Gasteiger partial charge in [-0.2, -0.15) is 8.42 Å². The number of carbonyl (C=O) groups is 1. The number of carbonyl (C=O) groups excluding carboxylic acids is 1. The summed E-state index contributed by atoms with van der Waals surface area (Å²) in [5.41, 5.74) is 0. The van der Waals surface area contributed by atoms with Crippen LogP contribution < -0.4 is 0 Å². The van der Waals surface area contributed by atoms with Crippen LogP contribution >= 0.6 is 12.0 Å². The minimum absolute atomic E-state index is 0.0345. The van der Waals surface area contributed by atoms with Gasteiger partial charge in [0.25, 0.3) is 10.1 Å². The number of rotatable bonds is 6. The summed E-state index contributed by atoms with van der Waals surface area (Å²) in [6, 6.07) is 0. The summed E-state index contributed by atoms with van der Waals surface area (Å²) >= 11 is 0.625. The summed E-state index contributed by atoms with van der Waals surface area (Å²) < 4.78 is 37.5. The molecule has 3 fully saturated rings. The molecule has 0 aromatic heterocycles. The molecule has 22 heavy (non-hydrogen) atoms. The molecular weight excluding hydrogens is 336 g/mol. The van der Waals surface area contributed by atoms with Gasteiger partial charge in [-0.15, -0.1) is 4.33 Å². The molecule has 2 bridgehead atoms. The van der Waals surface area contributed by atoms with Gasteiger partial charge in [-0.25, -0.2) is 5.26 Å². The maximum atomic E-state index is 12.0. The molecule has 10 heteroatoms. The Labute approximate surface area is 132 Å². The van der Waals surface area contributed by atoms with Crippen molar-refractivity contribution in [1.82, 2.24) is 0 Å². The highest BCUT2D eigenvalue weighted by molar-refractivity contribution is 7.96. The summed E-state index contributed by atoms with van der Waals surface area (Å²) in [5.74, 6) is -0.363. The zero-order valence-corrected chi connectivity index (χ0v) is 13.8. The van der Waals surface area contributed by atoms with Crippen molar-refractivity contribution in [1.29, 1.82) is 0 Å². The van der Waals surface area contributed by atoms with Crippen LogP contribution in [0.2, 0.25) is 0 Å². The van der Waals surface area contributed by atoms with E-state index in [0.717, 1.165) is 6.42 Å². The molecule has 2 saturated carbocycles. The average Bonchev–Trinajstić information content (AvgIpc) is 3.05. The van der Waals surface area contributed by atoms with E-state index >= 15 is 0 Å². The van der Waals surface area contributed by atoms with Gasteiger partial charge in [0.15, 0.2) is 0 Å². The molecule has 0 aromatic rings. The standard InChI is InChI=1S/C12H18O8S2/c1-12(2,21-20-19-14)11(13)17-5-8-6-3-7-9(4-6)22(15,16)18-10(7)8/h6-10,14H,3-5H2,1-2H3. The van der Waals surface area contributed by atoms with Gasteiger partial charge in [0.2, 0.25) is 0 Å². The Morgan fingerprint density at radius 1 is 1.41 bits per heavy atom. The second-order valence-electron chi connectivity index (χ2n) is 6.49. The van der Waals surface area contributed by atoms with Crippen molar-refractivity contribution in [2.75, 3.05) is 6.61 Å². The molecule has 5 unspecified atom stereocenters. The molecule has 3 aliphatic rings. The fraction of sp³-hybridized carbons (Fsp3) is 0.917. The molecule has 5 atom stereocenters. The summed E-state index contributed by atoms with van der Waals surface area (Å²) in [7, 11) is -3.45. The molecule has 2 aliphatic carbocycles. The normalized spacial score (nSPS) is 38.4. The van der Waals surface area contributed by atoms with Crippen LogP contribution in [0.1, 0.15) is 26.7 Å². The fourth-order valence-electron chi connectivity index (χ4n) is 3.76. The van der Waals surface area contributed by atoms with Gasteiger partial charge < -0.3 is 4.74 Å². The van der Waals surface area contributed by atoms with Crippen LogP contribution in [-0.2, 0) is 33.2 Å². The van der Waals surface area contributed by atoms with Crippen LogP contribution in [-0.4, -0.2) is 42.4 Å². The quantitative estimate of drug-likeness (QED) is 0.247. The number of fused-ring (bicyclic) bond motifs is 1. The van der Waals surface area contributed by atoms with Gasteiger partial charge >= 0.3 is 5.97 Å². The van der Waals surface area contributed by atoms with E-state index in [-0.39, 0.29) is 35.7 Å². The average molecular weight is 354 g/mol. The Hall–Kier alpha value is -0.390. The van der Waals surface area contributed by atoms with Crippen molar-refractivity contribution in [3.05, 3.63) is 0 Å². The highest BCUT2D eigenvalue weighted by Gasteiger charge is 2.64. The minimum Gasteiger partial charge on any atom is -0.464 e. The van der Waals surface area contributed by atoms with Gasteiger partial charge in [-0.1, -0.05) is 5.04 Å². The van der Waals surface area contributed by atoms with Crippen LogP contribution in [0.15, 0.2) is 0 Å². The van der Waals surface area contributed by atoms with Gasteiger partial charge in [0.05, 0.1) is 30.0 Å². The Morgan fingerprint density at radius 2 is 2.14 bits per heavy atom. The molecule has 8 nitrogen and oxygen atoms in total. The van der Waals surface area contributed by atoms with Gasteiger partial charge in [-0.3, -0.25) is 8.98 Å². The summed E-state index contributed by atoms with van der Waals surface area (Å²) in [6.45, 7) is 3.25. The Bertz CT molecular complexity index is 559. The first kappa shape index (κ1) is 16.5. The Balaban J connectivity index is 1.58. The van der Waals surface area contributed by atoms with E-state index in [1.54, 1.807) is 13.8 Å². The Morgan fingerprint density at radius 3 is 2.82 bits per heavy atom. The largest absolute Gasteiger partial charge is 0.464 e. The molecular formula is C12H18O8S2. The fourth-order valence-corrected chi connectivity index (χ4v) is 6.01. The van der Waals surface area contributed by atoms with Crippen LogP contribution in [0.3, 0.4) is 0 Å². The predicted molar refractivity (Wildman–Crippen MR) is 74.7 cm³/mol. The smallest absolute Gasteiger partial charge is 0.324 e. The highest BCUT2D eigenvalue weighted by atomic mass is 32.2. The van der Waals surface area contributed by atoms with Gasteiger partial charge in [0, 0.05) is 11.8 Å². The molecule has 0 radical (unpaired) electrons. The number of ether oxygens (including phenoxy) is 1. The molecule has 1 N–H and O–H groups in total. The van der Waals surface area contributed by atoms with E-state index < -0.39 is 20.8 Å². The minimum atomic E-state index is -3.45. The van der Waals surface area contributed by atoms with Crippen LogP contribution in [0.25, 0.3) is 0 Å². The van der Waals surface area contributed by atoms with E-state index in [0.29, 0.717) is 18.5 Å². The molecule has 1 saturated heterocycles. The van der Waals surface area contributed by atoms with Crippen LogP contribution in [0, 0.1) is 17.8 Å². The predicted octanol–water partition coefficient (Wildman–Crippen LogP) is 1.13. The summed E-state index contributed by atoms with van der Waals surface area (Å²) in [4.78, 5) is 12.0. The van der Waals surface area contributed by atoms with E-state index in [4.69, 9.17) is 14.2 Å². The van der Waals surface area contributed by atoms with Crippen molar-refractivity contribution < 1.29 is 36.8 Å². The van der Waals surface area contributed by atoms with Crippen molar-refractivity contribution in [3.63, 3.8) is 0 Å². The topological polar surface area (TPSA) is 108 Å². The zero-order valence-electron chi connectivity index (χ0n) is 12.1. The van der Waals surface area contributed by atoms with Gasteiger partial charge in [-0.05, 0) is 32.6 Å². The molecule has 126 valence electrons. The van der Waals surface area contributed by atoms with E-state index in [1.807, 2.05) is 0 Å². The third-order valence-electron chi connectivity index (χ3n) is 4.82. The Kier molecular flexibility index (Phi) is 4.19. The third-order valence-corrected chi connectivity index (χ3v) is 7.31. The number of hydrogen-bond acceptors (Lipinski definition) is 9. The molecule has 3 rings (SSSR count). The SMILES string of the molecule is CC(C)(SOOO)C(=O)OCC1C2CC3C1OS(=O)(=O)C3C2. The van der Waals surface area contributed by atoms with E-state index in [2.05, 4.69) is 9.37 Å². The lowest BCUT2D eigenvalue weighted by atomic mass is 9.87. The maximum absolute atomic E-state index is 12.0. The van der Waals surface area contributed by atoms with Crippen molar-refractivity contribution in [2.45, 2.75) is 42.8 Å². The summed E-state index contributed by atoms with van der Waals surface area (Å²) in [6.07, 6.45) is 1.04. The van der Waals surface area contributed by atoms with Crippen molar-refractivity contribution >= 4 is 28.1 Å². The first-order valence-corrected chi connectivity index (χ1v) is 9.23. The van der Waals surface area contributed by atoms with Crippen LogP contribution in [0.4, 0.5) is 0 Å². The lowest BCUT2D eigenvalue weighted by Crippen LogP contribution is -2.36. The first-order valence-electron chi connectivity index (χ1n) is 7.01. The monoisotopic (exact) mass is 354 g/mol. The molecule has 0 amide bonds. The van der Waals surface area contributed by atoms with Crippen LogP contribution in [0.5, 0.6) is 0 Å². The van der Waals surface area contributed by atoms with E-state index in [1.165, 1.54) is 0 Å². The second kappa shape index (κ2) is 5.60. The molecule has 0 spiro atoms. The lowest BCUT2D eigenvalue weighted by Gasteiger charge is -2.26. The third kappa shape index (κ3) is 2.65. The maximum Gasteiger partial charge on any atom is 0.324 e. The van der Waals surface area contributed by atoms with Gasteiger partial charge in [0.1, 0.15) is 4.75 Å². The highest BCUT2D eigenvalue weighted by Crippen LogP contribution is 2.57. The first-order chi connectivity index (χ1) is 10.3. The molecule has 1 aliphatic heterocycles. The zero-order chi connectivity index (χ0) is 16.1. The number of hydrogen-bond donors (Lipinski definition) is 1. The second-order valence-corrected chi connectivity index (χ2v) is 9.59. The lowest BCUT2D eigenvalue weighted by molar-refractivity contribution is -0.432. The van der Waals surface area contributed by atoms with Crippen molar-refractivity contribution in [2.24, 2.45) is 17.8 Å². The number of esters is 1. The molecule has 1 heterocycles.